The van der Waals surface area contributed by atoms with E-state index in [1.54, 1.807) is 12.1 Å². The summed E-state index contributed by atoms with van der Waals surface area (Å²) < 4.78 is 41.1. The molecule has 0 bridgehead atoms. The van der Waals surface area contributed by atoms with Crippen LogP contribution in [0.3, 0.4) is 0 Å². The molecule has 168 valence electrons. The minimum absolute atomic E-state index is 0.120. The molecule has 1 saturated heterocycles. The Morgan fingerprint density at radius 2 is 1.81 bits per heavy atom. The zero-order valence-electron chi connectivity index (χ0n) is 17.7. The lowest BCUT2D eigenvalue weighted by atomic mass is 10.0. The summed E-state index contributed by atoms with van der Waals surface area (Å²) in [5.74, 6) is -0.563. The summed E-state index contributed by atoms with van der Waals surface area (Å²) >= 11 is 1.07. The Kier molecular flexibility index (Phi) is 6.36. The summed E-state index contributed by atoms with van der Waals surface area (Å²) in [6, 6.07) is 11.9. The van der Waals surface area contributed by atoms with E-state index in [1.807, 2.05) is 12.1 Å². The van der Waals surface area contributed by atoms with Gasteiger partial charge in [0.15, 0.2) is 0 Å². The number of rotatable bonds is 6. The Bertz CT molecular complexity index is 1210. The fourth-order valence-electron chi connectivity index (χ4n) is 3.61. The second-order valence-electron chi connectivity index (χ2n) is 7.90. The SMILES string of the molecule is CC(C)c1ccc(S(=O)(=O)N2CCC[C@@H]2c2nnc(C(=O)Nc3ccc(F)cc3)s2)cc1. The fraction of sp³-hybridized carbons (Fsp3) is 0.318. The van der Waals surface area contributed by atoms with Crippen molar-refractivity contribution in [2.75, 3.05) is 11.9 Å². The normalized spacial score (nSPS) is 17.1. The van der Waals surface area contributed by atoms with Gasteiger partial charge in [0.05, 0.1) is 10.9 Å². The summed E-state index contributed by atoms with van der Waals surface area (Å²) in [5.41, 5.74) is 1.51. The third-order valence-electron chi connectivity index (χ3n) is 5.38. The van der Waals surface area contributed by atoms with Crippen molar-refractivity contribution in [3.05, 3.63) is 69.9 Å². The van der Waals surface area contributed by atoms with Crippen molar-refractivity contribution in [1.29, 1.82) is 0 Å². The molecule has 1 aliphatic rings. The third kappa shape index (κ3) is 4.57. The predicted molar refractivity (Wildman–Crippen MR) is 121 cm³/mol. The molecule has 7 nitrogen and oxygen atoms in total. The molecular formula is C22H23FN4O3S2. The van der Waals surface area contributed by atoms with Gasteiger partial charge in [-0.3, -0.25) is 4.79 Å². The molecule has 1 aromatic heterocycles. The van der Waals surface area contributed by atoms with E-state index in [0.717, 1.165) is 16.9 Å². The van der Waals surface area contributed by atoms with E-state index in [9.17, 15) is 17.6 Å². The van der Waals surface area contributed by atoms with Gasteiger partial charge >= 0.3 is 0 Å². The van der Waals surface area contributed by atoms with Crippen LogP contribution in [0.25, 0.3) is 0 Å². The van der Waals surface area contributed by atoms with Crippen molar-refractivity contribution in [3.8, 4) is 0 Å². The Balaban J connectivity index is 1.53. The van der Waals surface area contributed by atoms with Gasteiger partial charge in [-0.05, 0) is 60.7 Å². The second-order valence-corrected chi connectivity index (χ2v) is 10.8. The standard InChI is InChI=1S/C22H23FN4O3S2/c1-14(2)15-5-11-18(12-6-15)32(29,30)27-13-3-4-19(27)21-25-26-22(31-21)20(28)24-17-9-7-16(23)8-10-17/h5-12,14,19H,3-4,13H2,1-2H3,(H,24,28)/t19-/m1/s1. The van der Waals surface area contributed by atoms with Gasteiger partial charge in [-0.25, -0.2) is 12.8 Å². The van der Waals surface area contributed by atoms with Crippen LogP contribution < -0.4 is 5.32 Å². The van der Waals surface area contributed by atoms with Gasteiger partial charge < -0.3 is 5.32 Å². The Morgan fingerprint density at radius 1 is 1.12 bits per heavy atom. The van der Waals surface area contributed by atoms with Crippen LogP contribution in [0.5, 0.6) is 0 Å². The second kappa shape index (κ2) is 9.05. The number of hydrogen-bond acceptors (Lipinski definition) is 6. The van der Waals surface area contributed by atoms with Crippen molar-refractivity contribution in [3.63, 3.8) is 0 Å². The largest absolute Gasteiger partial charge is 0.320 e. The zero-order valence-corrected chi connectivity index (χ0v) is 19.3. The number of halogens is 1. The number of sulfonamides is 1. The Morgan fingerprint density at radius 3 is 2.47 bits per heavy atom. The summed E-state index contributed by atoms with van der Waals surface area (Å²) in [7, 11) is -3.71. The maximum atomic E-state index is 13.3. The number of nitrogens with one attached hydrogen (secondary N) is 1. The van der Waals surface area contributed by atoms with E-state index in [2.05, 4.69) is 29.4 Å². The monoisotopic (exact) mass is 474 g/mol. The van der Waals surface area contributed by atoms with E-state index in [-0.39, 0.29) is 9.90 Å². The highest BCUT2D eigenvalue weighted by Gasteiger charge is 2.38. The molecule has 0 unspecified atom stereocenters. The van der Waals surface area contributed by atoms with Crippen LogP contribution in [0.1, 0.15) is 59.0 Å². The zero-order chi connectivity index (χ0) is 22.9. The highest BCUT2D eigenvalue weighted by Crippen LogP contribution is 2.38. The third-order valence-corrected chi connectivity index (χ3v) is 8.32. The molecule has 1 aliphatic heterocycles. The van der Waals surface area contributed by atoms with E-state index >= 15 is 0 Å². The first kappa shape index (κ1) is 22.5. The van der Waals surface area contributed by atoms with Crippen LogP contribution in [0.2, 0.25) is 0 Å². The van der Waals surface area contributed by atoms with Gasteiger partial charge in [0.2, 0.25) is 15.0 Å². The lowest BCUT2D eigenvalue weighted by molar-refractivity contribution is 0.102. The van der Waals surface area contributed by atoms with Gasteiger partial charge in [0, 0.05) is 12.2 Å². The molecule has 0 aliphatic carbocycles. The van der Waals surface area contributed by atoms with Crippen molar-refractivity contribution >= 4 is 33.0 Å². The lowest BCUT2D eigenvalue weighted by Gasteiger charge is -2.22. The first-order valence-corrected chi connectivity index (χ1v) is 12.5. The van der Waals surface area contributed by atoms with Gasteiger partial charge in [0.1, 0.15) is 10.8 Å². The van der Waals surface area contributed by atoms with Gasteiger partial charge in [-0.1, -0.05) is 37.3 Å². The molecule has 1 N–H and O–H groups in total. The quantitative estimate of drug-likeness (QED) is 0.565. The number of nitrogens with zero attached hydrogens (tertiary/aromatic N) is 3. The van der Waals surface area contributed by atoms with Crippen LogP contribution in [-0.2, 0) is 10.0 Å². The molecule has 2 heterocycles. The minimum Gasteiger partial charge on any atom is -0.320 e. The molecule has 4 rings (SSSR count). The molecule has 2 aromatic carbocycles. The average molecular weight is 475 g/mol. The van der Waals surface area contributed by atoms with E-state index < -0.39 is 27.8 Å². The van der Waals surface area contributed by atoms with Gasteiger partial charge in [-0.2, -0.15) is 4.31 Å². The van der Waals surface area contributed by atoms with Gasteiger partial charge in [-0.15, -0.1) is 10.2 Å². The molecule has 10 heteroatoms. The molecule has 1 atom stereocenters. The summed E-state index contributed by atoms with van der Waals surface area (Å²) in [5, 5.41) is 11.3. The van der Waals surface area contributed by atoms with Crippen molar-refractivity contribution in [2.24, 2.45) is 0 Å². The first-order valence-electron chi connectivity index (χ1n) is 10.3. The van der Waals surface area contributed by atoms with E-state index in [1.165, 1.54) is 28.6 Å². The predicted octanol–water partition coefficient (Wildman–Crippen LogP) is 4.58. The summed E-state index contributed by atoms with van der Waals surface area (Å²) in [4.78, 5) is 12.7. The number of aromatic nitrogens is 2. The maximum Gasteiger partial charge on any atom is 0.286 e. The average Bonchev–Trinajstić information content (AvgIpc) is 3.45. The first-order chi connectivity index (χ1) is 15.3. The summed E-state index contributed by atoms with van der Waals surface area (Å²) in [6.45, 7) is 4.49. The molecule has 0 radical (unpaired) electrons. The maximum absolute atomic E-state index is 13.3. The van der Waals surface area contributed by atoms with Crippen LogP contribution in [0.15, 0.2) is 53.4 Å². The molecule has 0 spiro atoms. The summed E-state index contributed by atoms with van der Waals surface area (Å²) in [6.07, 6.45) is 1.31. The minimum atomic E-state index is -3.71. The number of hydrogen-bond donors (Lipinski definition) is 1. The number of carbonyl (C=O) groups is 1. The number of amides is 1. The Labute approximate surface area is 190 Å². The van der Waals surface area contributed by atoms with Crippen LogP contribution in [0, 0.1) is 5.82 Å². The number of carbonyl (C=O) groups excluding carboxylic acids is 1. The molecule has 1 amide bonds. The highest BCUT2D eigenvalue weighted by molar-refractivity contribution is 7.89. The number of anilines is 1. The smallest absolute Gasteiger partial charge is 0.286 e. The fourth-order valence-corrected chi connectivity index (χ4v) is 6.23. The van der Waals surface area contributed by atoms with Crippen molar-refractivity contribution < 1.29 is 17.6 Å². The molecule has 3 aromatic rings. The van der Waals surface area contributed by atoms with Crippen molar-refractivity contribution in [2.45, 2.75) is 43.5 Å². The molecular weight excluding hydrogens is 451 g/mol. The Hall–Kier alpha value is -2.69. The topological polar surface area (TPSA) is 92.3 Å². The lowest BCUT2D eigenvalue weighted by Crippen LogP contribution is -2.30. The molecule has 0 saturated carbocycles. The number of benzene rings is 2. The molecule has 1 fully saturated rings. The van der Waals surface area contributed by atoms with Crippen LogP contribution >= 0.6 is 11.3 Å². The highest BCUT2D eigenvalue weighted by atomic mass is 32.2. The van der Waals surface area contributed by atoms with Crippen molar-refractivity contribution in [1.82, 2.24) is 14.5 Å². The molecule has 32 heavy (non-hydrogen) atoms. The van der Waals surface area contributed by atoms with E-state index in [4.69, 9.17) is 0 Å². The van der Waals surface area contributed by atoms with Crippen LogP contribution in [-0.4, -0.2) is 35.4 Å². The van der Waals surface area contributed by atoms with E-state index in [0.29, 0.717) is 36.0 Å². The van der Waals surface area contributed by atoms with Crippen LogP contribution in [0.4, 0.5) is 10.1 Å². The van der Waals surface area contributed by atoms with Gasteiger partial charge in [0.25, 0.3) is 5.91 Å².